The fourth-order valence-corrected chi connectivity index (χ4v) is 3.90. The highest BCUT2D eigenvalue weighted by Crippen LogP contribution is 2.30. The van der Waals surface area contributed by atoms with Gasteiger partial charge in [0.05, 0.1) is 0 Å². The summed E-state index contributed by atoms with van der Waals surface area (Å²) < 4.78 is 13.7. The van der Waals surface area contributed by atoms with Crippen LogP contribution in [0.4, 0.5) is 4.39 Å². The molecule has 0 amide bonds. The van der Waals surface area contributed by atoms with Crippen molar-refractivity contribution in [3.05, 3.63) is 35.1 Å². The van der Waals surface area contributed by atoms with Gasteiger partial charge in [0.25, 0.3) is 0 Å². The molecule has 1 aromatic rings. The summed E-state index contributed by atoms with van der Waals surface area (Å²) in [5.74, 6) is 0.759. The Labute approximate surface area is 127 Å². The van der Waals surface area contributed by atoms with Crippen molar-refractivity contribution < 1.29 is 4.39 Å². The van der Waals surface area contributed by atoms with Crippen molar-refractivity contribution in [3.8, 4) is 0 Å². The van der Waals surface area contributed by atoms with Crippen LogP contribution in [0.25, 0.3) is 0 Å². The molecule has 2 unspecified atom stereocenters. The van der Waals surface area contributed by atoms with Gasteiger partial charge in [-0.1, -0.05) is 12.1 Å². The molecule has 3 heteroatoms. The average molecular weight is 290 g/mol. The van der Waals surface area contributed by atoms with Crippen LogP contribution in [-0.2, 0) is 0 Å². The van der Waals surface area contributed by atoms with Crippen molar-refractivity contribution in [1.82, 2.24) is 10.2 Å². The van der Waals surface area contributed by atoms with E-state index in [4.69, 9.17) is 0 Å². The van der Waals surface area contributed by atoms with E-state index in [1.807, 2.05) is 13.0 Å². The zero-order valence-corrected chi connectivity index (χ0v) is 13.2. The van der Waals surface area contributed by atoms with Gasteiger partial charge >= 0.3 is 0 Å². The third kappa shape index (κ3) is 3.29. The molecule has 2 aliphatic heterocycles. The summed E-state index contributed by atoms with van der Waals surface area (Å²) in [4.78, 5) is 2.51. The number of hydrogen-bond acceptors (Lipinski definition) is 2. The molecule has 2 nitrogen and oxygen atoms in total. The van der Waals surface area contributed by atoms with Gasteiger partial charge in [-0.15, -0.1) is 0 Å². The zero-order valence-electron chi connectivity index (χ0n) is 13.2. The Hall–Kier alpha value is -0.930. The summed E-state index contributed by atoms with van der Waals surface area (Å²) in [6.45, 7) is 7.51. The van der Waals surface area contributed by atoms with Gasteiger partial charge in [0.1, 0.15) is 5.82 Å². The van der Waals surface area contributed by atoms with E-state index < -0.39 is 0 Å². The number of aryl methyl sites for hydroxylation is 1. The minimum absolute atomic E-state index is 0.0793. The Bertz CT molecular complexity index is 474. The first-order chi connectivity index (χ1) is 10.1. The van der Waals surface area contributed by atoms with Gasteiger partial charge in [0.15, 0.2) is 0 Å². The molecule has 0 bridgehead atoms. The van der Waals surface area contributed by atoms with Gasteiger partial charge in [-0.25, -0.2) is 4.39 Å². The van der Waals surface area contributed by atoms with Gasteiger partial charge in [0.2, 0.25) is 0 Å². The highest BCUT2D eigenvalue weighted by atomic mass is 19.1. The fourth-order valence-electron chi connectivity index (χ4n) is 3.90. The van der Waals surface area contributed by atoms with Gasteiger partial charge in [-0.2, -0.15) is 0 Å². The second kappa shape index (κ2) is 6.45. The molecular formula is C18H27FN2. The van der Waals surface area contributed by atoms with Crippen LogP contribution in [-0.4, -0.2) is 30.6 Å². The Morgan fingerprint density at radius 3 is 2.62 bits per heavy atom. The Morgan fingerprint density at radius 1 is 1.24 bits per heavy atom. The average Bonchev–Trinajstić information content (AvgIpc) is 3.04. The lowest BCUT2D eigenvalue weighted by Gasteiger charge is -2.38. The molecule has 0 saturated carbocycles. The van der Waals surface area contributed by atoms with E-state index in [0.29, 0.717) is 6.04 Å². The second-order valence-electron chi connectivity index (χ2n) is 6.76. The van der Waals surface area contributed by atoms with E-state index in [2.05, 4.69) is 23.2 Å². The highest BCUT2D eigenvalue weighted by Gasteiger charge is 2.30. The van der Waals surface area contributed by atoms with E-state index in [-0.39, 0.29) is 5.82 Å². The molecule has 2 saturated heterocycles. The second-order valence-corrected chi connectivity index (χ2v) is 6.76. The summed E-state index contributed by atoms with van der Waals surface area (Å²) in [5, 5.41) is 3.65. The molecule has 3 rings (SSSR count). The van der Waals surface area contributed by atoms with Crippen LogP contribution in [0, 0.1) is 18.7 Å². The van der Waals surface area contributed by atoms with Crippen LogP contribution in [0.15, 0.2) is 18.2 Å². The maximum Gasteiger partial charge on any atom is 0.126 e. The van der Waals surface area contributed by atoms with Crippen molar-refractivity contribution in [2.45, 2.75) is 51.6 Å². The summed E-state index contributed by atoms with van der Waals surface area (Å²) in [7, 11) is 0. The van der Waals surface area contributed by atoms with E-state index in [1.165, 1.54) is 32.2 Å². The first kappa shape index (κ1) is 15.0. The van der Waals surface area contributed by atoms with E-state index in [9.17, 15) is 4.39 Å². The van der Waals surface area contributed by atoms with Crippen LogP contribution in [0.1, 0.15) is 49.8 Å². The minimum atomic E-state index is -0.0793. The largest absolute Gasteiger partial charge is 0.314 e. The first-order valence-electron chi connectivity index (χ1n) is 8.38. The number of piperidine rings is 1. The lowest BCUT2D eigenvalue weighted by atomic mass is 9.87. The quantitative estimate of drug-likeness (QED) is 0.914. The highest BCUT2D eigenvalue weighted by molar-refractivity contribution is 5.25. The molecule has 2 fully saturated rings. The predicted molar refractivity (Wildman–Crippen MR) is 84.9 cm³/mol. The Morgan fingerprint density at radius 2 is 2.00 bits per heavy atom. The van der Waals surface area contributed by atoms with E-state index in [0.717, 1.165) is 36.2 Å². The maximum atomic E-state index is 13.7. The molecule has 116 valence electrons. The summed E-state index contributed by atoms with van der Waals surface area (Å²) in [5.41, 5.74) is 1.84. The number of nitrogens with one attached hydrogen (secondary N) is 1. The Kier molecular flexibility index (Phi) is 4.60. The molecule has 1 N–H and O–H groups in total. The molecule has 2 aliphatic rings. The molecular weight excluding hydrogens is 263 g/mol. The van der Waals surface area contributed by atoms with Crippen molar-refractivity contribution in [2.24, 2.45) is 5.92 Å². The van der Waals surface area contributed by atoms with Crippen LogP contribution in [0.3, 0.4) is 0 Å². The van der Waals surface area contributed by atoms with Crippen molar-refractivity contribution in [2.75, 3.05) is 19.6 Å². The number of rotatable bonds is 3. The standard InChI is InChI=1S/C18H27FN2/c1-13-5-6-16(12-17(13)19)14(2)21-10-7-15(8-11-21)18-4-3-9-20-18/h5-6,12,14-15,18,20H,3-4,7-11H2,1-2H3. The SMILES string of the molecule is Cc1ccc(C(C)N2CCC(C3CCCN3)CC2)cc1F. The molecule has 2 atom stereocenters. The molecule has 0 radical (unpaired) electrons. The van der Waals surface area contributed by atoms with Gasteiger partial charge in [0, 0.05) is 12.1 Å². The topological polar surface area (TPSA) is 15.3 Å². The third-order valence-electron chi connectivity index (χ3n) is 5.47. The zero-order chi connectivity index (χ0) is 14.8. The van der Waals surface area contributed by atoms with Crippen LogP contribution < -0.4 is 5.32 Å². The van der Waals surface area contributed by atoms with E-state index in [1.54, 1.807) is 6.07 Å². The van der Waals surface area contributed by atoms with Crippen LogP contribution in [0.2, 0.25) is 0 Å². The Balaban J connectivity index is 1.59. The molecule has 1 aromatic carbocycles. The van der Waals surface area contributed by atoms with Crippen LogP contribution in [0.5, 0.6) is 0 Å². The van der Waals surface area contributed by atoms with Gasteiger partial charge < -0.3 is 5.32 Å². The lowest BCUT2D eigenvalue weighted by Crippen LogP contribution is -2.41. The number of likely N-dealkylation sites (tertiary alicyclic amines) is 1. The number of benzene rings is 1. The van der Waals surface area contributed by atoms with Crippen LogP contribution >= 0.6 is 0 Å². The lowest BCUT2D eigenvalue weighted by molar-refractivity contribution is 0.126. The molecule has 2 heterocycles. The normalized spacial score (nSPS) is 26.1. The fraction of sp³-hybridized carbons (Fsp3) is 0.667. The summed E-state index contributed by atoms with van der Waals surface area (Å²) in [6.07, 6.45) is 5.24. The summed E-state index contributed by atoms with van der Waals surface area (Å²) >= 11 is 0. The molecule has 21 heavy (non-hydrogen) atoms. The number of halogens is 1. The van der Waals surface area contributed by atoms with Gasteiger partial charge in [-0.3, -0.25) is 4.90 Å². The van der Waals surface area contributed by atoms with Crippen molar-refractivity contribution >= 4 is 0 Å². The monoisotopic (exact) mass is 290 g/mol. The molecule has 0 aromatic heterocycles. The predicted octanol–water partition coefficient (Wildman–Crippen LogP) is 3.66. The number of hydrogen-bond donors (Lipinski definition) is 1. The smallest absolute Gasteiger partial charge is 0.126 e. The minimum Gasteiger partial charge on any atom is -0.314 e. The van der Waals surface area contributed by atoms with Crippen molar-refractivity contribution in [1.29, 1.82) is 0 Å². The maximum absolute atomic E-state index is 13.7. The van der Waals surface area contributed by atoms with Gasteiger partial charge in [-0.05, 0) is 82.3 Å². The van der Waals surface area contributed by atoms with E-state index >= 15 is 0 Å². The molecule has 0 aliphatic carbocycles. The third-order valence-corrected chi connectivity index (χ3v) is 5.47. The molecule has 0 spiro atoms. The summed E-state index contributed by atoms with van der Waals surface area (Å²) in [6, 6.07) is 6.76. The first-order valence-corrected chi connectivity index (χ1v) is 8.38. The number of nitrogens with zero attached hydrogens (tertiary/aromatic N) is 1. The van der Waals surface area contributed by atoms with Crippen molar-refractivity contribution in [3.63, 3.8) is 0 Å².